The topological polar surface area (TPSA) is 74.7 Å². The molecule has 0 saturated carbocycles. The number of carbonyl (C=O) groups excluding carboxylic acids is 2. The fourth-order valence-electron chi connectivity index (χ4n) is 1.80. The average molecular weight is 251 g/mol. The minimum atomic E-state index is -1.18. The van der Waals surface area contributed by atoms with Gasteiger partial charge in [0.2, 0.25) is 11.8 Å². The third kappa shape index (κ3) is 2.22. The van der Waals surface area contributed by atoms with E-state index < -0.39 is 11.8 Å². The summed E-state index contributed by atoms with van der Waals surface area (Å²) in [5.41, 5.74) is -0.0519. The number of aromatic carboxylic acids is 1. The van der Waals surface area contributed by atoms with Crippen LogP contribution in [-0.2, 0) is 16.1 Å². The van der Waals surface area contributed by atoms with E-state index in [1.165, 1.54) is 0 Å². The maximum Gasteiger partial charge on any atom is 0.335 e. The van der Waals surface area contributed by atoms with Gasteiger partial charge in [0.1, 0.15) is 5.82 Å². The Kier molecular flexibility index (Phi) is 3.10. The van der Waals surface area contributed by atoms with E-state index in [1.54, 1.807) is 0 Å². The Balaban J connectivity index is 2.28. The van der Waals surface area contributed by atoms with Gasteiger partial charge in [-0.3, -0.25) is 14.5 Å². The molecule has 1 aliphatic heterocycles. The van der Waals surface area contributed by atoms with Crippen LogP contribution in [0.1, 0.15) is 28.8 Å². The van der Waals surface area contributed by atoms with Gasteiger partial charge in [-0.1, -0.05) is 0 Å². The van der Waals surface area contributed by atoms with Gasteiger partial charge in [0.05, 0.1) is 12.1 Å². The molecule has 1 aromatic carbocycles. The van der Waals surface area contributed by atoms with Crippen molar-refractivity contribution in [3.63, 3.8) is 0 Å². The van der Waals surface area contributed by atoms with Gasteiger partial charge < -0.3 is 5.11 Å². The highest BCUT2D eigenvalue weighted by Crippen LogP contribution is 2.18. The van der Waals surface area contributed by atoms with Crippen molar-refractivity contribution in [1.29, 1.82) is 0 Å². The zero-order valence-corrected chi connectivity index (χ0v) is 9.35. The third-order valence-corrected chi connectivity index (χ3v) is 2.78. The van der Waals surface area contributed by atoms with E-state index in [1.807, 2.05) is 0 Å². The van der Waals surface area contributed by atoms with Crippen LogP contribution < -0.4 is 0 Å². The number of carbonyl (C=O) groups is 3. The first-order chi connectivity index (χ1) is 8.49. The molecule has 2 amide bonds. The summed E-state index contributed by atoms with van der Waals surface area (Å²) >= 11 is 0. The van der Waals surface area contributed by atoms with E-state index in [4.69, 9.17) is 5.11 Å². The minimum absolute atomic E-state index is 0.0264. The van der Waals surface area contributed by atoms with Crippen molar-refractivity contribution >= 4 is 17.8 Å². The predicted molar refractivity (Wildman–Crippen MR) is 58.2 cm³/mol. The zero-order chi connectivity index (χ0) is 13.3. The second-order valence-electron chi connectivity index (χ2n) is 3.98. The highest BCUT2D eigenvalue weighted by molar-refractivity contribution is 6.01. The number of halogens is 1. The molecule has 5 nitrogen and oxygen atoms in total. The van der Waals surface area contributed by atoms with Crippen LogP contribution in [0.3, 0.4) is 0 Å². The van der Waals surface area contributed by atoms with E-state index in [2.05, 4.69) is 0 Å². The van der Waals surface area contributed by atoms with Crippen LogP contribution in [0.4, 0.5) is 4.39 Å². The summed E-state index contributed by atoms with van der Waals surface area (Å²) in [4.78, 5) is 34.5. The Morgan fingerprint density at radius 3 is 2.44 bits per heavy atom. The smallest absolute Gasteiger partial charge is 0.335 e. The van der Waals surface area contributed by atoms with Gasteiger partial charge in [-0.25, -0.2) is 9.18 Å². The molecule has 1 saturated heterocycles. The monoisotopic (exact) mass is 251 g/mol. The number of hydrogen-bond donors (Lipinski definition) is 1. The zero-order valence-electron chi connectivity index (χ0n) is 9.35. The molecule has 2 rings (SSSR count). The number of carboxylic acids is 1. The highest BCUT2D eigenvalue weighted by Gasteiger charge is 2.29. The third-order valence-electron chi connectivity index (χ3n) is 2.78. The molecule has 0 unspecified atom stereocenters. The van der Waals surface area contributed by atoms with Crippen molar-refractivity contribution in [2.75, 3.05) is 0 Å². The second-order valence-corrected chi connectivity index (χ2v) is 3.98. The van der Waals surface area contributed by atoms with Crippen molar-refractivity contribution in [3.8, 4) is 0 Å². The van der Waals surface area contributed by atoms with E-state index in [-0.39, 0.29) is 42.3 Å². The molecule has 1 heterocycles. The van der Waals surface area contributed by atoms with Crippen LogP contribution in [-0.4, -0.2) is 27.8 Å². The summed E-state index contributed by atoms with van der Waals surface area (Å²) in [6.45, 7) is -0.218. The summed E-state index contributed by atoms with van der Waals surface area (Å²) < 4.78 is 13.5. The van der Waals surface area contributed by atoms with Crippen molar-refractivity contribution in [3.05, 3.63) is 35.1 Å². The van der Waals surface area contributed by atoms with Crippen LogP contribution in [0.15, 0.2) is 18.2 Å². The fraction of sp³-hybridized carbons (Fsp3) is 0.250. The van der Waals surface area contributed by atoms with Crippen LogP contribution >= 0.6 is 0 Å². The first kappa shape index (κ1) is 12.2. The number of amides is 2. The molecule has 94 valence electrons. The Hall–Kier alpha value is -2.24. The summed E-state index contributed by atoms with van der Waals surface area (Å²) in [6.07, 6.45) is 0.248. The van der Waals surface area contributed by atoms with Crippen LogP contribution in [0.25, 0.3) is 0 Å². The highest BCUT2D eigenvalue weighted by atomic mass is 19.1. The van der Waals surface area contributed by atoms with Crippen LogP contribution in [0.2, 0.25) is 0 Å². The van der Waals surface area contributed by atoms with Gasteiger partial charge in [0.25, 0.3) is 0 Å². The molecular formula is C12H10FNO4. The Morgan fingerprint density at radius 1 is 1.28 bits per heavy atom. The molecule has 0 aliphatic carbocycles. The Bertz CT molecular complexity index is 525. The quantitative estimate of drug-likeness (QED) is 0.818. The molecule has 0 bridgehead atoms. The van der Waals surface area contributed by atoms with Crippen LogP contribution in [0, 0.1) is 5.82 Å². The van der Waals surface area contributed by atoms with Crippen molar-refractivity contribution in [2.45, 2.75) is 19.4 Å². The lowest BCUT2D eigenvalue weighted by molar-refractivity contribution is -0.139. The first-order valence-electron chi connectivity index (χ1n) is 5.34. The lowest BCUT2D eigenvalue weighted by atomic mass is 10.1. The van der Waals surface area contributed by atoms with Crippen molar-refractivity contribution in [2.24, 2.45) is 0 Å². The summed E-state index contributed by atoms with van der Waals surface area (Å²) in [5, 5.41) is 8.80. The Morgan fingerprint density at radius 2 is 1.89 bits per heavy atom. The van der Waals surface area contributed by atoms with Crippen LogP contribution in [0.5, 0.6) is 0 Å². The Labute approximate surface area is 102 Å². The molecule has 0 atom stereocenters. The average Bonchev–Trinajstić information content (AvgIpc) is 2.63. The van der Waals surface area contributed by atoms with E-state index >= 15 is 0 Å². The molecule has 1 aromatic rings. The molecular weight excluding hydrogens is 241 g/mol. The van der Waals surface area contributed by atoms with Gasteiger partial charge >= 0.3 is 5.97 Å². The standard InChI is InChI=1S/C12H10FNO4/c13-9-2-1-7(12(17)18)5-8(9)6-14-10(15)3-4-11(14)16/h1-2,5H,3-4,6H2,(H,17,18). The van der Waals surface area contributed by atoms with Gasteiger partial charge in [-0.2, -0.15) is 0 Å². The van der Waals surface area contributed by atoms with Gasteiger partial charge in [-0.15, -0.1) is 0 Å². The molecule has 1 aliphatic rings. The molecule has 1 N–H and O–H groups in total. The van der Waals surface area contributed by atoms with E-state index in [0.29, 0.717) is 0 Å². The number of nitrogens with zero attached hydrogens (tertiary/aromatic N) is 1. The van der Waals surface area contributed by atoms with E-state index in [0.717, 1.165) is 23.1 Å². The summed E-state index contributed by atoms with van der Waals surface area (Å²) in [7, 11) is 0. The molecule has 18 heavy (non-hydrogen) atoms. The maximum atomic E-state index is 13.5. The van der Waals surface area contributed by atoms with Gasteiger partial charge in [0.15, 0.2) is 0 Å². The number of imide groups is 1. The predicted octanol–water partition coefficient (Wildman–Crippen LogP) is 1.17. The largest absolute Gasteiger partial charge is 0.478 e. The number of hydrogen-bond acceptors (Lipinski definition) is 3. The van der Waals surface area contributed by atoms with E-state index in [9.17, 15) is 18.8 Å². The lowest BCUT2D eigenvalue weighted by Gasteiger charge is -2.14. The van der Waals surface area contributed by atoms with Crippen molar-refractivity contribution in [1.82, 2.24) is 4.90 Å². The number of benzene rings is 1. The molecule has 0 aromatic heterocycles. The summed E-state index contributed by atoms with van der Waals surface area (Å²) in [5.74, 6) is -2.54. The second kappa shape index (κ2) is 4.56. The molecule has 0 spiro atoms. The number of carboxylic acid groups (broad SMARTS) is 1. The normalized spacial score (nSPS) is 15.3. The molecule has 6 heteroatoms. The van der Waals surface area contributed by atoms with Crippen molar-refractivity contribution < 1.29 is 23.9 Å². The number of likely N-dealkylation sites (tertiary alicyclic amines) is 1. The SMILES string of the molecule is O=C(O)c1ccc(F)c(CN2C(=O)CCC2=O)c1. The summed E-state index contributed by atoms with van der Waals surface area (Å²) in [6, 6.07) is 3.29. The lowest BCUT2D eigenvalue weighted by Crippen LogP contribution is -2.28. The van der Waals surface area contributed by atoms with Gasteiger partial charge in [-0.05, 0) is 18.2 Å². The molecule has 0 radical (unpaired) electrons. The first-order valence-corrected chi connectivity index (χ1v) is 5.34. The minimum Gasteiger partial charge on any atom is -0.478 e. The molecule has 1 fully saturated rings. The maximum absolute atomic E-state index is 13.5. The number of rotatable bonds is 3. The fourth-order valence-corrected chi connectivity index (χ4v) is 1.80. The van der Waals surface area contributed by atoms with Gasteiger partial charge in [0, 0.05) is 18.4 Å².